The Kier molecular flexibility index (Phi) is 5.05. The molecule has 0 aliphatic carbocycles. The van der Waals surface area contributed by atoms with Gasteiger partial charge in [-0.05, 0) is 55.4 Å². The summed E-state index contributed by atoms with van der Waals surface area (Å²) in [6.07, 6.45) is 7.69. The van der Waals surface area contributed by atoms with E-state index in [-0.39, 0.29) is 11.7 Å². The first kappa shape index (κ1) is 15.7. The standard InChI is InChI=1S/C18H22FN3O/c19-17-8-6-15(7-9-17)4-5-16-3-1-11-21(13-16)18(23)14-22-12-2-10-20-22/h2,6-10,12,16H,1,3-5,11,13-14H2. The number of hydrogen-bond acceptors (Lipinski definition) is 2. The van der Waals surface area contributed by atoms with Gasteiger partial charge in [-0.15, -0.1) is 0 Å². The highest BCUT2D eigenvalue weighted by atomic mass is 19.1. The molecule has 1 amide bonds. The second kappa shape index (κ2) is 7.40. The third-order valence-corrected chi connectivity index (χ3v) is 4.48. The molecule has 23 heavy (non-hydrogen) atoms. The SMILES string of the molecule is O=C(Cn1cccn1)N1CCCC(CCc2ccc(F)cc2)C1. The molecule has 1 unspecified atom stereocenters. The molecule has 122 valence electrons. The van der Waals surface area contributed by atoms with E-state index in [1.807, 2.05) is 29.3 Å². The van der Waals surface area contributed by atoms with Gasteiger partial charge in [0.15, 0.2) is 0 Å². The molecule has 4 nitrogen and oxygen atoms in total. The lowest BCUT2D eigenvalue weighted by atomic mass is 9.91. The average molecular weight is 315 g/mol. The zero-order valence-electron chi connectivity index (χ0n) is 13.2. The molecular weight excluding hydrogens is 293 g/mol. The lowest BCUT2D eigenvalue weighted by molar-refractivity contribution is -0.133. The van der Waals surface area contributed by atoms with Crippen molar-refractivity contribution in [2.24, 2.45) is 5.92 Å². The maximum atomic E-state index is 12.9. The number of nitrogens with zero attached hydrogens (tertiary/aromatic N) is 3. The number of aryl methyl sites for hydroxylation is 1. The minimum Gasteiger partial charge on any atom is -0.341 e. The van der Waals surface area contributed by atoms with Crippen LogP contribution in [-0.2, 0) is 17.8 Å². The third kappa shape index (κ3) is 4.41. The van der Waals surface area contributed by atoms with Gasteiger partial charge in [-0.2, -0.15) is 5.10 Å². The van der Waals surface area contributed by atoms with Crippen molar-refractivity contribution in [3.63, 3.8) is 0 Å². The molecular formula is C18H22FN3O. The highest BCUT2D eigenvalue weighted by Gasteiger charge is 2.23. The molecule has 5 heteroatoms. The maximum Gasteiger partial charge on any atom is 0.244 e. The van der Waals surface area contributed by atoms with Gasteiger partial charge < -0.3 is 4.90 Å². The van der Waals surface area contributed by atoms with Crippen LogP contribution in [0.1, 0.15) is 24.8 Å². The number of aromatic nitrogens is 2. The number of likely N-dealkylation sites (tertiary alicyclic amines) is 1. The van der Waals surface area contributed by atoms with Gasteiger partial charge in [0, 0.05) is 25.5 Å². The molecule has 1 atom stereocenters. The van der Waals surface area contributed by atoms with Crippen LogP contribution >= 0.6 is 0 Å². The van der Waals surface area contributed by atoms with E-state index >= 15 is 0 Å². The van der Waals surface area contributed by atoms with Crippen LogP contribution in [0.25, 0.3) is 0 Å². The predicted octanol–water partition coefficient (Wildman–Crippen LogP) is 2.89. The summed E-state index contributed by atoms with van der Waals surface area (Å²) in [6.45, 7) is 1.98. The molecule has 0 N–H and O–H groups in total. The summed E-state index contributed by atoms with van der Waals surface area (Å²) in [6, 6.07) is 8.54. The lowest BCUT2D eigenvalue weighted by Crippen LogP contribution is -2.41. The summed E-state index contributed by atoms with van der Waals surface area (Å²) >= 11 is 0. The Morgan fingerprint density at radius 2 is 2.13 bits per heavy atom. The summed E-state index contributed by atoms with van der Waals surface area (Å²) in [4.78, 5) is 14.3. The largest absolute Gasteiger partial charge is 0.341 e. The van der Waals surface area contributed by atoms with Crippen LogP contribution in [0.2, 0.25) is 0 Å². The number of halogens is 1. The van der Waals surface area contributed by atoms with Crippen molar-refractivity contribution in [1.29, 1.82) is 0 Å². The first-order valence-electron chi connectivity index (χ1n) is 8.20. The van der Waals surface area contributed by atoms with Gasteiger partial charge in [0.2, 0.25) is 5.91 Å². The van der Waals surface area contributed by atoms with Crippen molar-refractivity contribution in [1.82, 2.24) is 14.7 Å². The molecule has 1 aromatic heterocycles. The third-order valence-electron chi connectivity index (χ3n) is 4.48. The molecule has 2 aromatic rings. The van der Waals surface area contributed by atoms with E-state index in [0.29, 0.717) is 12.5 Å². The summed E-state index contributed by atoms with van der Waals surface area (Å²) in [5, 5.41) is 4.09. The van der Waals surface area contributed by atoms with E-state index in [9.17, 15) is 9.18 Å². The first-order chi connectivity index (χ1) is 11.2. The van der Waals surface area contributed by atoms with Crippen molar-refractivity contribution in [2.45, 2.75) is 32.2 Å². The Hall–Kier alpha value is -2.17. The van der Waals surface area contributed by atoms with Gasteiger partial charge in [0.05, 0.1) is 0 Å². The van der Waals surface area contributed by atoms with Gasteiger partial charge in [-0.1, -0.05) is 12.1 Å². The van der Waals surface area contributed by atoms with Crippen LogP contribution in [0.4, 0.5) is 4.39 Å². The molecule has 1 saturated heterocycles. The highest BCUT2D eigenvalue weighted by Crippen LogP contribution is 2.22. The second-order valence-electron chi connectivity index (χ2n) is 6.22. The van der Waals surface area contributed by atoms with Crippen LogP contribution in [0.5, 0.6) is 0 Å². The number of carbonyl (C=O) groups excluding carboxylic acids is 1. The molecule has 2 heterocycles. The molecule has 0 bridgehead atoms. The number of piperidine rings is 1. The Bertz CT molecular complexity index is 624. The number of benzene rings is 1. The fourth-order valence-corrected chi connectivity index (χ4v) is 3.18. The molecule has 1 aromatic carbocycles. The molecule has 3 rings (SSSR count). The van der Waals surface area contributed by atoms with Gasteiger partial charge in [-0.3, -0.25) is 9.48 Å². The highest BCUT2D eigenvalue weighted by molar-refractivity contribution is 5.76. The maximum absolute atomic E-state index is 12.9. The van der Waals surface area contributed by atoms with Gasteiger partial charge >= 0.3 is 0 Å². The lowest BCUT2D eigenvalue weighted by Gasteiger charge is -2.33. The van der Waals surface area contributed by atoms with E-state index < -0.39 is 0 Å². The topological polar surface area (TPSA) is 38.1 Å². The number of hydrogen-bond donors (Lipinski definition) is 0. The summed E-state index contributed by atoms with van der Waals surface area (Å²) in [5.74, 6) is 0.470. The summed E-state index contributed by atoms with van der Waals surface area (Å²) in [5.41, 5.74) is 1.16. The number of rotatable bonds is 5. The number of amides is 1. The fraction of sp³-hybridized carbons (Fsp3) is 0.444. The van der Waals surface area contributed by atoms with Gasteiger partial charge in [-0.25, -0.2) is 4.39 Å². The van der Waals surface area contributed by atoms with Crippen molar-refractivity contribution in [2.75, 3.05) is 13.1 Å². The minimum absolute atomic E-state index is 0.139. The van der Waals surface area contributed by atoms with Crippen LogP contribution in [0.3, 0.4) is 0 Å². The van der Waals surface area contributed by atoms with Crippen LogP contribution in [0.15, 0.2) is 42.7 Å². The summed E-state index contributed by atoms with van der Waals surface area (Å²) < 4.78 is 14.6. The van der Waals surface area contributed by atoms with E-state index in [4.69, 9.17) is 0 Å². The smallest absolute Gasteiger partial charge is 0.244 e. The Balaban J connectivity index is 1.49. The zero-order valence-corrected chi connectivity index (χ0v) is 13.2. The number of carbonyl (C=O) groups is 1. The molecule has 0 radical (unpaired) electrons. The van der Waals surface area contributed by atoms with Crippen molar-refractivity contribution >= 4 is 5.91 Å². The predicted molar refractivity (Wildman–Crippen MR) is 86.3 cm³/mol. The van der Waals surface area contributed by atoms with Crippen molar-refractivity contribution in [3.05, 3.63) is 54.1 Å². The van der Waals surface area contributed by atoms with Crippen molar-refractivity contribution in [3.8, 4) is 0 Å². The quantitative estimate of drug-likeness (QED) is 0.851. The molecule has 0 spiro atoms. The minimum atomic E-state index is -0.193. The van der Waals surface area contributed by atoms with E-state index in [1.54, 1.807) is 10.9 Å². The van der Waals surface area contributed by atoms with Crippen LogP contribution in [0, 0.1) is 11.7 Å². The zero-order chi connectivity index (χ0) is 16.1. The molecule has 1 fully saturated rings. The normalized spacial score (nSPS) is 18.1. The van der Waals surface area contributed by atoms with Crippen LogP contribution < -0.4 is 0 Å². The Morgan fingerprint density at radius 1 is 1.30 bits per heavy atom. The molecule has 1 aliphatic rings. The van der Waals surface area contributed by atoms with E-state index in [0.717, 1.165) is 44.3 Å². The first-order valence-corrected chi connectivity index (χ1v) is 8.20. The molecule has 1 aliphatic heterocycles. The fourth-order valence-electron chi connectivity index (χ4n) is 3.18. The van der Waals surface area contributed by atoms with E-state index in [1.165, 1.54) is 12.1 Å². The average Bonchev–Trinajstić information content (AvgIpc) is 3.07. The van der Waals surface area contributed by atoms with Gasteiger partial charge in [0.1, 0.15) is 12.4 Å². The van der Waals surface area contributed by atoms with Gasteiger partial charge in [0.25, 0.3) is 0 Å². The molecule has 0 saturated carbocycles. The van der Waals surface area contributed by atoms with Crippen molar-refractivity contribution < 1.29 is 9.18 Å². The van der Waals surface area contributed by atoms with Crippen LogP contribution in [-0.4, -0.2) is 33.7 Å². The second-order valence-corrected chi connectivity index (χ2v) is 6.22. The Morgan fingerprint density at radius 3 is 2.87 bits per heavy atom. The monoisotopic (exact) mass is 315 g/mol. The van der Waals surface area contributed by atoms with E-state index in [2.05, 4.69) is 5.10 Å². The Labute approximate surface area is 135 Å². The summed E-state index contributed by atoms with van der Waals surface area (Å²) in [7, 11) is 0.